The lowest BCUT2D eigenvalue weighted by atomic mass is 10.1. The van der Waals surface area contributed by atoms with Crippen molar-refractivity contribution in [2.45, 2.75) is 32.2 Å². The van der Waals surface area contributed by atoms with Crippen LogP contribution < -0.4 is 5.32 Å². The maximum atomic E-state index is 11.5. The molecule has 0 aromatic carbocycles. The van der Waals surface area contributed by atoms with Crippen LogP contribution in [-0.2, 0) is 4.79 Å². The van der Waals surface area contributed by atoms with Crippen molar-refractivity contribution in [3.8, 4) is 12.3 Å². The summed E-state index contributed by atoms with van der Waals surface area (Å²) in [5.74, 6) is 2.80. The first-order valence-corrected chi connectivity index (χ1v) is 4.63. The zero-order valence-electron chi connectivity index (χ0n) is 7.92. The summed E-state index contributed by atoms with van der Waals surface area (Å²) >= 11 is 0. The topological polar surface area (TPSA) is 29.1 Å². The molecule has 13 heavy (non-hydrogen) atoms. The highest BCUT2D eigenvalue weighted by Crippen LogP contribution is 2.17. The van der Waals surface area contributed by atoms with Crippen LogP contribution in [0.2, 0.25) is 0 Å². The van der Waals surface area contributed by atoms with Crippen molar-refractivity contribution >= 4 is 5.91 Å². The molecule has 0 saturated heterocycles. The molecule has 0 aromatic heterocycles. The van der Waals surface area contributed by atoms with E-state index >= 15 is 0 Å². The van der Waals surface area contributed by atoms with Gasteiger partial charge >= 0.3 is 0 Å². The van der Waals surface area contributed by atoms with Gasteiger partial charge < -0.3 is 5.32 Å². The number of rotatable bonds is 3. The lowest BCUT2D eigenvalue weighted by Crippen LogP contribution is -2.36. The van der Waals surface area contributed by atoms with Crippen LogP contribution in [0.4, 0.5) is 0 Å². The SMILES string of the molecule is C#CCC(C)NC(=O)C1CC=CC1. The molecule has 0 aromatic rings. The number of terminal acetylenes is 1. The van der Waals surface area contributed by atoms with Crippen molar-refractivity contribution in [2.75, 3.05) is 0 Å². The van der Waals surface area contributed by atoms with Crippen molar-refractivity contribution in [2.24, 2.45) is 5.92 Å². The lowest BCUT2D eigenvalue weighted by molar-refractivity contribution is -0.125. The quantitative estimate of drug-likeness (QED) is 0.513. The second-order valence-corrected chi connectivity index (χ2v) is 3.46. The molecule has 1 N–H and O–H groups in total. The first-order valence-electron chi connectivity index (χ1n) is 4.63. The van der Waals surface area contributed by atoms with E-state index in [-0.39, 0.29) is 17.9 Å². The Labute approximate surface area is 79.4 Å². The van der Waals surface area contributed by atoms with E-state index in [4.69, 9.17) is 6.42 Å². The highest BCUT2D eigenvalue weighted by atomic mass is 16.1. The van der Waals surface area contributed by atoms with Gasteiger partial charge in [-0.05, 0) is 19.8 Å². The average Bonchev–Trinajstić information content (AvgIpc) is 2.55. The van der Waals surface area contributed by atoms with Gasteiger partial charge in [-0.15, -0.1) is 12.3 Å². The summed E-state index contributed by atoms with van der Waals surface area (Å²) in [6.07, 6.45) is 11.6. The van der Waals surface area contributed by atoms with Crippen molar-refractivity contribution in [1.82, 2.24) is 5.32 Å². The Kier molecular flexibility index (Phi) is 3.57. The molecule has 70 valence electrons. The lowest BCUT2D eigenvalue weighted by Gasteiger charge is -2.14. The van der Waals surface area contributed by atoms with E-state index < -0.39 is 0 Å². The minimum Gasteiger partial charge on any atom is -0.352 e. The third kappa shape index (κ3) is 2.95. The second kappa shape index (κ2) is 4.71. The summed E-state index contributed by atoms with van der Waals surface area (Å²) < 4.78 is 0. The summed E-state index contributed by atoms with van der Waals surface area (Å²) in [6.45, 7) is 1.93. The fourth-order valence-corrected chi connectivity index (χ4v) is 1.42. The summed E-state index contributed by atoms with van der Waals surface area (Å²) in [5.41, 5.74) is 0. The van der Waals surface area contributed by atoms with Gasteiger partial charge in [-0.1, -0.05) is 12.2 Å². The van der Waals surface area contributed by atoms with Crippen LogP contribution in [0.5, 0.6) is 0 Å². The van der Waals surface area contributed by atoms with E-state index in [1.54, 1.807) is 0 Å². The van der Waals surface area contributed by atoms with Crippen LogP contribution in [0.15, 0.2) is 12.2 Å². The fraction of sp³-hybridized carbons (Fsp3) is 0.545. The van der Waals surface area contributed by atoms with Gasteiger partial charge in [0.2, 0.25) is 5.91 Å². The average molecular weight is 177 g/mol. The number of carbonyl (C=O) groups is 1. The minimum absolute atomic E-state index is 0.0955. The van der Waals surface area contributed by atoms with Crippen LogP contribution in [0, 0.1) is 18.3 Å². The van der Waals surface area contributed by atoms with Crippen LogP contribution in [0.1, 0.15) is 26.2 Å². The molecule has 0 fully saturated rings. The molecule has 2 nitrogen and oxygen atoms in total. The zero-order chi connectivity index (χ0) is 9.68. The number of hydrogen-bond acceptors (Lipinski definition) is 1. The van der Waals surface area contributed by atoms with E-state index in [1.807, 2.05) is 6.92 Å². The Morgan fingerprint density at radius 2 is 2.31 bits per heavy atom. The molecule has 2 heteroatoms. The first-order chi connectivity index (χ1) is 6.24. The molecule has 1 rings (SSSR count). The summed E-state index contributed by atoms with van der Waals surface area (Å²) in [6, 6.07) is 0.0955. The van der Waals surface area contributed by atoms with Crippen LogP contribution >= 0.6 is 0 Å². The largest absolute Gasteiger partial charge is 0.352 e. The van der Waals surface area contributed by atoms with Crippen molar-refractivity contribution in [1.29, 1.82) is 0 Å². The van der Waals surface area contributed by atoms with Gasteiger partial charge in [0.05, 0.1) is 0 Å². The van der Waals surface area contributed by atoms with E-state index in [0.29, 0.717) is 6.42 Å². The predicted octanol–water partition coefficient (Wildman–Crippen LogP) is 1.48. The maximum Gasteiger partial charge on any atom is 0.223 e. The van der Waals surface area contributed by atoms with Gasteiger partial charge in [0.15, 0.2) is 0 Å². The van der Waals surface area contributed by atoms with E-state index in [1.165, 1.54) is 0 Å². The van der Waals surface area contributed by atoms with Gasteiger partial charge in [-0.3, -0.25) is 4.79 Å². The molecule has 1 unspecified atom stereocenters. The normalized spacial score (nSPS) is 18.2. The molecular weight excluding hydrogens is 162 g/mol. The predicted molar refractivity (Wildman–Crippen MR) is 52.9 cm³/mol. The Morgan fingerprint density at radius 1 is 1.69 bits per heavy atom. The number of amides is 1. The van der Waals surface area contributed by atoms with Crippen LogP contribution in [0.25, 0.3) is 0 Å². The zero-order valence-corrected chi connectivity index (χ0v) is 7.92. The third-order valence-corrected chi connectivity index (χ3v) is 2.19. The molecule has 0 bridgehead atoms. The number of allylic oxidation sites excluding steroid dienone is 2. The molecule has 1 amide bonds. The van der Waals surface area contributed by atoms with Crippen LogP contribution in [0.3, 0.4) is 0 Å². The van der Waals surface area contributed by atoms with Gasteiger partial charge in [0.1, 0.15) is 0 Å². The van der Waals surface area contributed by atoms with E-state index in [0.717, 1.165) is 12.8 Å². The number of hydrogen-bond donors (Lipinski definition) is 1. The smallest absolute Gasteiger partial charge is 0.223 e. The Morgan fingerprint density at radius 3 is 2.85 bits per heavy atom. The first kappa shape index (κ1) is 9.85. The molecular formula is C11H15NO. The molecule has 1 atom stereocenters. The molecule has 0 aliphatic heterocycles. The molecule has 0 heterocycles. The Bertz CT molecular complexity index is 241. The van der Waals surface area contributed by atoms with Crippen molar-refractivity contribution in [3.63, 3.8) is 0 Å². The van der Waals surface area contributed by atoms with Gasteiger partial charge in [-0.2, -0.15) is 0 Å². The summed E-state index contributed by atoms with van der Waals surface area (Å²) in [4.78, 5) is 11.5. The minimum atomic E-state index is 0.0955. The van der Waals surface area contributed by atoms with Gasteiger partial charge in [0, 0.05) is 18.4 Å². The Balaban J connectivity index is 2.29. The van der Waals surface area contributed by atoms with Gasteiger partial charge in [0.25, 0.3) is 0 Å². The molecule has 0 spiro atoms. The molecule has 0 radical (unpaired) electrons. The fourth-order valence-electron chi connectivity index (χ4n) is 1.42. The van der Waals surface area contributed by atoms with Crippen LogP contribution in [-0.4, -0.2) is 11.9 Å². The monoisotopic (exact) mass is 177 g/mol. The summed E-state index contributed by atoms with van der Waals surface area (Å²) in [5, 5.41) is 2.90. The standard InChI is InChI=1S/C11H15NO/c1-3-6-9(2)12-11(13)10-7-4-5-8-10/h1,4-5,9-10H,6-8H2,2H3,(H,12,13). The van der Waals surface area contributed by atoms with Crippen molar-refractivity contribution < 1.29 is 4.79 Å². The molecule has 0 saturated carbocycles. The summed E-state index contributed by atoms with van der Waals surface area (Å²) in [7, 11) is 0. The van der Waals surface area contributed by atoms with Gasteiger partial charge in [-0.25, -0.2) is 0 Å². The van der Waals surface area contributed by atoms with E-state index in [9.17, 15) is 4.79 Å². The molecule has 1 aliphatic carbocycles. The van der Waals surface area contributed by atoms with E-state index in [2.05, 4.69) is 23.4 Å². The highest BCUT2D eigenvalue weighted by Gasteiger charge is 2.19. The number of carbonyl (C=O) groups excluding carboxylic acids is 1. The molecule has 1 aliphatic rings. The third-order valence-electron chi connectivity index (χ3n) is 2.19. The maximum absolute atomic E-state index is 11.5. The second-order valence-electron chi connectivity index (χ2n) is 3.46. The van der Waals surface area contributed by atoms with Crippen molar-refractivity contribution in [3.05, 3.63) is 12.2 Å². The number of nitrogens with one attached hydrogen (secondary N) is 1. The highest BCUT2D eigenvalue weighted by molar-refractivity contribution is 5.79. The Hall–Kier alpha value is -1.23.